The van der Waals surface area contributed by atoms with Crippen LogP contribution < -0.4 is 0 Å². The van der Waals surface area contributed by atoms with Crippen molar-refractivity contribution in [3.63, 3.8) is 0 Å². The molecule has 0 aromatic carbocycles. The summed E-state index contributed by atoms with van der Waals surface area (Å²) in [6.07, 6.45) is 12.0. The van der Waals surface area contributed by atoms with Crippen LogP contribution in [0.4, 0.5) is 0 Å². The summed E-state index contributed by atoms with van der Waals surface area (Å²) in [6.45, 7) is 13.3. The van der Waals surface area contributed by atoms with Gasteiger partial charge < -0.3 is 14.4 Å². The van der Waals surface area contributed by atoms with E-state index in [2.05, 4.69) is 36.6 Å². The third-order valence-corrected chi connectivity index (χ3v) is 8.12. The molecule has 3 atom stereocenters. The van der Waals surface area contributed by atoms with E-state index in [1.54, 1.807) is 0 Å². The summed E-state index contributed by atoms with van der Waals surface area (Å²) < 4.78 is 12.4. The second-order valence-electron chi connectivity index (χ2n) is 10.4. The first-order valence-electron chi connectivity index (χ1n) is 11.4. The number of likely N-dealkylation sites (tertiary alicyclic amines) is 2. The Morgan fingerprint density at radius 2 is 1.85 bits per heavy atom. The normalized spacial score (nSPS) is 44.6. The van der Waals surface area contributed by atoms with Gasteiger partial charge in [-0.2, -0.15) is 0 Å². The number of rotatable bonds is 7. The maximum absolute atomic E-state index is 6.32. The van der Waals surface area contributed by atoms with Gasteiger partial charge in [-0.05, 0) is 91.3 Å². The van der Waals surface area contributed by atoms with E-state index in [9.17, 15) is 0 Å². The Bertz CT molecular complexity index is 583. The monoisotopic (exact) mass is 374 g/mol. The molecule has 0 amide bonds. The first kappa shape index (κ1) is 18.6. The molecule has 4 nitrogen and oxygen atoms in total. The SMILES string of the molecule is CC(C)=CC[C@H]1O[C@@]1(C)C1OC12CCC(N1CC(CCN3CCC3)C1)CC2. The highest BCUT2D eigenvalue weighted by molar-refractivity contribution is 5.22. The van der Waals surface area contributed by atoms with Crippen LogP contribution in [0.25, 0.3) is 0 Å². The lowest BCUT2D eigenvalue weighted by molar-refractivity contribution is 0.0131. The number of hydrogen-bond donors (Lipinski definition) is 0. The molecular weight excluding hydrogens is 336 g/mol. The van der Waals surface area contributed by atoms with Crippen LogP contribution >= 0.6 is 0 Å². The average Bonchev–Trinajstić information content (AvgIpc) is 3.44. The van der Waals surface area contributed by atoms with E-state index in [0.717, 1.165) is 18.4 Å². The van der Waals surface area contributed by atoms with E-state index < -0.39 is 0 Å². The van der Waals surface area contributed by atoms with Gasteiger partial charge in [0.15, 0.2) is 0 Å². The minimum atomic E-state index is -0.0164. The highest BCUT2D eigenvalue weighted by Gasteiger charge is 2.73. The molecule has 4 saturated heterocycles. The van der Waals surface area contributed by atoms with Crippen molar-refractivity contribution in [2.45, 2.75) is 95.2 Å². The lowest BCUT2D eigenvalue weighted by Crippen LogP contribution is -2.54. The van der Waals surface area contributed by atoms with Crippen molar-refractivity contribution in [2.24, 2.45) is 5.92 Å². The van der Waals surface area contributed by atoms with E-state index in [4.69, 9.17) is 9.47 Å². The number of epoxide rings is 2. The highest BCUT2D eigenvalue weighted by atomic mass is 16.7. The summed E-state index contributed by atoms with van der Waals surface area (Å²) in [4.78, 5) is 5.38. The second-order valence-corrected chi connectivity index (χ2v) is 10.4. The molecule has 0 aromatic rings. The Morgan fingerprint density at radius 3 is 2.48 bits per heavy atom. The Balaban J connectivity index is 1.03. The molecule has 27 heavy (non-hydrogen) atoms. The molecule has 4 heteroatoms. The molecule has 4 aliphatic heterocycles. The van der Waals surface area contributed by atoms with Crippen molar-refractivity contribution in [1.82, 2.24) is 9.80 Å². The van der Waals surface area contributed by atoms with Crippen molar-refractivity contribution >= 4 is 0 Å². The fourth-order valence-corrected chi connectivity index (χ4v) is 5.87. The Kier molecular flexibility index (Phi) is 4.70. The maximum Gasteiger partial charge on any atom is 0.121 e. The molecule has 152 valence electrons. The first-order valence-corrected chi connectivity index (χ1v) is 11.4. The quantitative estimate of drug-likeness (QED) is 0.503. The summed E-state index contributed by atoms with van der Waals surface area (Å²) in [7, 11) is 0. The highest BCUT2D eigenvalue weighted by Crippen LogP contribution is 2.60. The van der Waals surface area contributed by atoms with Gasteiger partial charge in [0.25, 0.3) is 0 Å². The van der Waals surface area contributed by atoms with E-state index in [-0.39, 0.29) is 11.2 Å². The molecule has 1 spiro atoms. The molecule has 1 unspecified atom stereocenters. The van der Waals surface area contributed by atoms with Gasteiger partial charge >= 0.3 is 0 Å². The smallest absolute Gasteiger partial charge is 0.121 e. The average molecular weight is 375 g/mol. The van der Waals surface area contributed by atoms with Gasteiger partial charge in [-0.15, -0.1) is 0 Å². The standard InChI is InChI=1S/C23H38N2O2/c1-17(2)5-6-20-22(3,26-20)21-23(27-21)10-7-19(8-11-23)25-15-18(16-25)9-14-24-12-4-13-24/h5,18-21H,4,6-16H2,1-3H3/t19?,20-,21?,22-,23?/m1/s1. The van der Waals surface area contributed by atoms with Crippen molar-refractivity contribution in [3.8, 4) is 0 Å². The van der Waals surface area contributed by atoms with Crippen molar-refractivity contribution in [1.29, 1.82) is 0 Å². The molecule has 5 rings (SSSR count). The minimum Gasteiger partial charge on any atom is -0.363 e. The number of hydrogen-bond acceptors (Lipinski definition) is 4. The second kappa shape index (κ2) is 6.83. The van der Waals surface area contributed by atoms with Gasteiger partial charge in [-0.3, -0.25) is 4.90 Å². The number of ether oxygens (including phenoxy) is 2. The summed E-state index contributed by atoms with van der Waals surface area (Å²) in [5, 5.41) is 0. The summed E-state index contributed by atoms with van der Waals surface area (Å²) in [5.41, 5.74) is 1.53. The summed E-state index contributed by atoms with van der Waals surface area (Å²) in [5.74, 6) is 0.959. The van der Waals surface area contributed by atoms with Crippen LogP contribution in [-0.2, 0) is 9.47 Å². The first-order chi connectivity index (χ1) is 13.0. The van der Waals surface area contributed by atoms with E-state index >= 15 is 0 Å². The van der Waals surface area contributed by atoms with Crippen molar-refractivity contribution < 1.29 is 9.47 Å². The van der Waals surface area contributed by atoms with Crippen molar-refractivity contribution in [3.05, 3.63) is 11.6 Å². The fraction of sp³-hybridized carbons (Fsp3) is 0.913. The number of nitrogens with zero attached hydrogens (tertiary/aromatic N) is 2. The molecule has 1 saturated carbocycles. The topological polar surface area (TPSA) is 31.5 Å². The third kappa shape index (κ3) is 3.52. The molecule has 0 radical (unpaired) electrons. The largest absolute Gasteiger partial charge is 0.363 e. The van der Waals surface area contributed by atoms with E-state index in [0.29, 0.717) is 12.2 Å². The molecular formula is C23H38N2O2. The Labute approximate surface area is 165 Å². The molecule has 0 N–H and O–H groups in total. The summed E-state index contributed by atoms with van der Waals surface area (Å²) in [6, 6.07) is 0.815. The van der Waals surface area contributed by atoms with Crippen LogP contribution in [0.1, 0.15) is 65.7 Å². The lowest BCUT2D eigenvalue weighted by Gasteiger charge is -2.47. The van der Waals surface area contributed by atoms with Crippen LogP contribution in [0, 0.1) is 5.92 Å². The van der Waals surface area contributed by atoms with Gasteiger partial charge in [0.05, 0.1) is 11.7 Å². The predicted molar refractivity (Wildman–Crippen MR) is 108 cm³/mol. The van der Waals surface area contributed by atoms with Gasteiger partial charge in [-0.25, -0.2) is 0 Å². The molecule has 0 aromatic heterocycles. The van der Waals surface area contributed by atoms with Gasteiger partial charge in [0, 0.05) is 19.1 Å². The van der Waals surface area contributed by atoms with Crippen LogP contribution in [-0.4, -0.2) is 72.0 Å². The molecule has 4 heterocycles. The Morgan fingerprint density at radius 1 is 1.11 bits per heavy atom. The summed E-state index contributed by atoms with van der Waals surface area (Å²) >= 11 is 0. The molecule has 0 bridgehead atoms. The van der Waals surface area contributed by atoms with E-state index in [1.165, 1.54) is 76.8 Å². The predicted octanol–water partition coefficient (Wildman–Crippen LogP) is 3.61. The number of allylic oxidation sites excluding steroid dienone is 1. The van der Waals surface area contributed by atoms with Gasteiger partial charge in [0.1, 0.15) is 11.7 Å². The van der Waals surface area contributed by atoms with Gasteiger partial charge in [-0.1, -0.05) is 11.6 Å². The third-order valence-electron chi connectivity index (χ3n) is 8.12. The minimum absolute atomic E-state index is 0.0164. The van der Waals surface area contributed by atoms with Crippen LogP contribution in [0.15, 0.2) is 11.6 Å². The van der Waals surface area contributed by atoms with Crippen LogP contribution in [0.3, 0.4) is 0 Å². The molecule has 1 aliphatic carbocycles. The van der Waals surface area contributed by atoms with Crippen LogP contribution in [0.5, 0.6) is 0 Å². The maximum atomic E-state index is 6.32. The zero-order chi connectivity index (χ0) is 18.6. The van der Waals surface area contributed by atoms with E-state index in [1.807, 2.05) is 0 Å². The molecule has 5 fully saturated rings. The van der Waals surface area contributed by atoms with Gasteiger partial charge in [0.2, 0.25) is 0 Å². The van der Waals surface area contributed by atoms with Crippen LogP contribution in [0.2, 0.25) is 0 Å². The lowest BCUT2D eigenvalue weighted by atomic mass is 9.78. The zero-order valence-electron chi connectivity index (χ0n) is 17.6. The zero-order valence-corrected chi connectivity index (χ0v) is 17.6. The molecule has 5 aliphatic rings. The van der Waals surface area contributed by atoms with Crippen molar-refractivity contribution in [2.75, 3.05) is 32.7 Å². The fourth-order valence-electron chi connectivity index (χ4n) is 5.87. The Hall–Kier alpha value is -0.420.